The first-order valence-electron chi connectivity index (χ1n) is 9.60. The van der Waals surface area contributed by atoms with Crippen LogP contribution < -0.4 is 19.6 Å². The minimum atomic E-state index is -0.369. The van der Waals surface area contributed by atoms with Gasteiger partial charge in [0.15, 0.2) is 0 Å². The summed E-state index contributed by atoms with van der Waals surface area (Å²) >= 11 is 0. The molecule has 2 aromatic carbocycles. The van der Waals surface area contributed by atoms with Crippen molar-refractivity contribution in [2.75, 3.05) is 74.0 Å². The largest absolute Gasteiger partial charge is 0.378 e. The zero-order chi connectivity index (χ0) is 22.0. The van der Waals surface area contributed by atoms with Crippen molar-refractivity contribution in [1.29, 1.82) is 0 Å². The van der Waals surface area contributed by atoms with Crippen LogP contribution in [0.2, 0.25) is 0 Å². The molecule has 0 bridgehead atoms. The van der Waals surface area contributed by atoms with Gasteiger partial charge in [-0.1, -0.05) is 0 Å². The van der Waals surface area contributed by atoms with Gasteiger partial charge in [-0.25, -0.2) is 0 Å². The van der Waals surface area contributed by atoms with Crippen LogP contribution in [-0.4, -0.2) is 64.2 Å². The molecule has 2 aromatic rings. The molecular weight excluding hydrogens is 388 g/mol. The zero-order valence-electron chi connectivity index (χ0n) is 17.6. The topological polar surface area (TPSA) is 99.2 Å². The summed E-state index contributed by atoms with van der Waals surface area (Å²) in [4.78, 5) is 30.1. The van der Waals surface area contributed by atoms with Crippen LogP contribution in [0.4, 0.5) is 34.1 Å². The van der Waals surface area contributed by atoms with Crippen LogP contribution in [0.25, 0.3) is 0 Å². The predicted molar refractivity (Wildman–Crippen MR) is 119 cm³/mol. The molecule has 0 spiro atoms. The molecule has 10 nitrogen and oxygen atoms in total. The van der Waals surface area contributed by atoms with Crippen LogP contribution in [0, 0.1) is 20.2 Å². The van der Waals surface area contributed by atoms with E-state index in [2.05, 4.69) is 0 Å². The third-order valence-electron chi connectivity index (χ3n) is 5.31. The van der Waals surface area contributed by atoms with Gasteiger partial charge in [-0.05, 0) is 24.3 Å². The number of rotatable bonds is 6. The van der Waals surface area contributed by atoms with Crippen LogP contribution in [0.15, 0.2) is 36.4 Å². The van der Waals surface area contributed by atoms with Gasteiger partial charge < -0.3 is 19.6 Å². The van der Waals surface area contributed by atoms with Gasteiger partial charge in [0.2, 0.25) is 0 Å². The van der Waals surface area contributed by atoms with Crippen LogP contribution in [0.3, 0.4) is 0 Å². The second-order valence-corrected chi connectivity index (χ2v) is 7.62. The molecule has 30 heavy (non-hydrogen) atoms. The Kier molecular flexibility index (Phi) is 5.95. The molecule has 1 aliphatic rings. The maximum Gasteiger partial charge on any atom is 0.292 e. The Labute approximate surface area is 175 Å². The van der Waals surface area contributed by atoms with Crippen molar-refractivity contribution >= 4 is 34.1 Å². The van der Waals surface area contributed by atoms with Crippen LogP contribution >= 0.6 is 0 Å². The summed E-state index contributed by atoms with van der Waals surface area (Å²) in [5.41, 5.74) is 3.04. The van der Waals surface area contributed by atoms with E-state index in [1.807, 2.05) is 59.9 Å². The van der Waals surface area contributed by atoms with Gasteiger partial charge in [0.05, 0.1) is 9.85 Å². The van der Waals surface area contributed by atoms with Crippen LogP contribution in [0.5, 0.6) is 0 Å². The highest BCUT2D eigenvalue weighted by Gasteiger charge is 2.27. The molecular formula is C20H26N6O4. The summed E-state index contributed by atoms with van der Waals surface area (Å²) in [5, 5.41) is 23.1. The first kappa shape index (κ1) is 21.2. The molecule has 3 rings (SSSR count). The molecule has 0 N–H and O–H groups in total. The summed E-state index contributed by atoms with van der Waals surface area (Å²) in [6.07, 6.45) is 0. The fourth-order valence-corrected chi connectivity index (χ4v) is 3.58. The fraction of sp³-hybridized carbons (Fsp3) is 0.400. The number of hydrogen-bond donors (Lipinski definition) is 0. The summed E-state index contributed by atoms with van der Waals surface area (Å²) in [6, 6.07) is 10.2. The third kappa shape index (κ3) is 4.22. The second-order valence-electron chi connectivity index (χ2n) is 7.62. The Balaban J connectivity index is 1.87. The predicted octanol–water partition coefficient (Wildman–Crippen LogP) is 2.96. The first-order chi connectivity index (χ1) is 14.2. The van der Waals surface area contributed by atoms with E-state index in [1.165, 1.54) is 12.1 Å². The molecule has 160 valence electrons. The van der Waals surface area contributed by atoms with Gasteiger partial charge in [-0.3, -0.25) is 20.2 Å². The number of nitro benzene ring substituents is 2. The molecule has 0 unspecified atom stereocenters. The maximum atomic E-state index is 11.5. The molecule has 0 radical (unpaired) electrons. The highest BCUT2D eigenvalue weighted by atomic mass is 16.6. The van der Waals surface area contributed by atoms with Crippen molar-refractivity contribution in [3.05, 3.63) is 56.6 Å². The number of piperazine rings is 1. The number of nitrogens with zero attached hydrogens (tertiary/aromatic N) is 6. The molecule has 0 aromatic heterocycles. The lowest BCUT2D eigenvalue weighted by Gasteiger charge is -2.37. The maximum absolute atomic E-state index is 11.5. The highest BCUT2D eigenvalue weighted by molar-refractivity contribution is 5.73. The molecule has 1 aliphatic heterocycles. The van der Waals surface area contributed by atoms with Gasteiger partial charge in [-0.2, -0.15) is 0 Å². The molecule has 1 heterocycles. The van der Waals surface area contributed by atoms with Crippen molar-refractivity contribution < 1.29 is 9.85 Å². The minimum Gasteiger partial charge on any atom is -0.378 e. The van der Waals surface area contributed by atoms with E-state index in [4.69, 9.17) is 0 Å². The summed E-state index contributed by atoms with van der Waals surface area (Å²) in [5.74, 6) is 0. The zero-order valence-corrected chi connectivity index (χ0v) is 17.6. The van der Waals surface area contributed by atoms with Crippen LogP contribution in [-0.2, 0) is 0 Å². The SMILES string of the molecule is CN(C)c1ccc([N+](=O)[O-])c(N2CCN(c3cc(N(C)C)ccc3[N+](=O)[O-])CC2)c1. The molecule has 1 fully saturated rings. The smallest absolute Gasteiger partial charge is 0.292 e. The van der Waals surface area contributed by atoms with E-state index < -0.39 is 0 Å². The van der Waals surface area contributed by atoms with Crippen molar-refractivity contribution in [1.82, 2.24) is 0 Å². The van der Waals surface area contributed by atoms with Crippen LogP contribution in [0.1, 0.15) is 0 Å². The summed E-state index contributed by atoms with van der Waals surface area (Å²) in [7, 11) is 7.55. The molecule has 0 atom stereocenters. The van der Waals surface area contributed by atoms with E-state index in [9.17, 15) is 20.2 Å². The average Bonchev–Trinajstić information content (AvgIpc) is 2.72. The third-order valence-corrected chi connectivity index (χ3v) is 5.31. The van der Waals surface area contributed by atoms with Gasteiger partial charge in [0.1, 0.15) is 11.4 Å². The van der Waals surface area contributed by atoms with E-state index in [0.29, 0.717) is 37.6 Å². The molecule has 10 heteroatoms. The van der Waals surface area contributed by atoms with Gasteiger partial charge in [0, 0.05) is 77.9 Å². The fourth-order valence-electron chi connectivity index (χ4n) is 3.58. The second kappa shape index (κ2) is 8.44. The minimum absolute atomic E-state index is 0.0645. The Morgan fingerprint density at radius 1 is 0.700 bits per heavy atom. The highest BCUT2D eigenvalue weighted by Crippen LogP contribution is 2.36. The normalized spacial score (nSPS) is 13.9. The van der Waals surface area contributed by atoms with Crippen molar-refractivity contribution in [3.8, 4) is 0 Å². The molecule has 1 saturated heterocycles. The van der Waals surface area contributed by atoms with Gasteiger partial charge in [-0.15, -0.1) is 0 Å². The molecule has 0 aliphatic carbocycles. The monoisotopic (exact) mass is 414 g/mol. The average molecular weight is 414 g/mol. The number of hydrogen-bond acceptors (Lipinski definition) is 8. The van der Waals surface area contributed by atoms with Gasteiger partial charge >= 0.3 is 0 Å². The number of benzene rings is 2. The Morgan fingerprint density at radius 2 is 1.03 bits per heavy atom. The first-order valence-corrected chi connectivity index (χ1v) is 9.60. The Morgan fingerprint density at radius 3 is 1.30 bits per heavy atom. The lowest BCUT2D eigenvalue weighted by molar-refractivity contribution is -0.384. The van der Waals surface area contributed by atoms with Crippen molar-refractivity contribution in [3.63, 3.8) is 0 Å². The quantitative estimate of drug-likeness (QED) is 0.525. The Bertz CT molecular complexity index is 877. The van der Waals surface area contributed by atoms with E-state index in [1.54, 1.807) is 12.1 Å². The number of nitro groups is 2. The number of anilines is 4. The van der Waals surface area contributed by atoms with Crippen molar-refractivity contribution in [2.45, 2.75) is 0 Å². The Hall–Kier alpha value is -3.56. The standard InChI is InChI=1S/C20H26N6O4/c1-21(2)15-5-7-17(25(27)28)19(13-15)23-9-11-24(12-10-23)20-14-16(22(3)4)6-8-18(20)26(29)30/h5-8,13-14H,9-12H2,1-4H3. The molecule has 0 saturated carbocycles. The summed E-state index contributed by atoms with van der Waals surface area (Å²) < 4.78 is 0. The lowest BCUT2D eigenvalue weighted by atomic mass is 10.1. The lowest BCUT2D eigenvalue weighted by Crippen LogP contribution is -2.47. The van der Waals surface area contributed by atoms with E-state index >= 15 is 0 Å². The molecule has 0 amide bonds. The van der Waals surface area contributed by atoms with E-state index in [-0.39, 0.29) is 21.2 Å². The van der Waals surface area contributed by atoms with Gasteiger partial charge in [0.25, 0.3) is 11.4 Å². The van der Waals surface area contributed by atoms with Crippen molar-refractivity contribution in [2.24, 2.45) is 0 Å². The summed E-state index contributed by atoms with van der Waals surface area (Å²) in [6.45, 7) is 2.12. The van der Waals surface area contributed by atoms with E-state index in [0.717, 1.165) is 11.4 Å².